The number of aromatic nitrogens is 1. The maximum absolute atomic E-state index is 12.6. The SMILES string of the molecule is C=C(NNC(=O)c1cc2c3ccccc3n(C)c2s1)c1ccc(OCC(N)=O)cc1. The number of carbonyl (C=O) groups excluding carboxylic acids is 2. The van der Waals surface area contributed by atoms with Crippen LogP contribution in [-0.2, 0) is 11.8 Å². The summed E-state index contributed by atoms with van der Waals surface area (Å²) in [5, 5.41) is 2.19. The molecule has 4 N–H and O–H groups in total. The minimum absolute atomic E-state index is 0.181. The first-order chi connectivity index (χ1) is 14.4. The molecule has 0 aliphatic heterocycles. The van der Waals surface area contributed by atoms with Gasteiger partial charge in [-0.25, -0.2) is 0 Å². The molecule has 4 aromatic rings. The van der Waals surface area contributed by atoms with Gasteiger partial charge in [-0.1, -0.05) is 24.8 Å². The van der Waals surface area contributed by atoms with Crippen molar-refractivity contribution < 1.29 is 14.3 Å². The molecule has 0 aliphatic carbocycles. The van der Waals surface area contributed by atoms with Gasteiger partial charge in [0.15, 0.2) is 6.61 Å². The van der Waals surface area contributed by atoms with Gasteiger partial charge in [0.2, 0.25) is 0 Å². The molecular weight excluding hydrogens is 400 g/mol. The number of fused-ring (bicyclic) bond motifs is 3. The standard InChI is InChI=1S/C22H20N4O3S/c1-13(14-7-9-15(10-8-14)29-12-20(23)27)24-25-21(28)19-11-17-16-5-3-4-6-18(16)26(2)22(17)30-19/h3-11,24H,1,12H2,2H3,(H2,23,27)(H,25,28). The minimum Gasteiger partial charge on any atom is -0.484 e. The molecule has 30 heavy (non-hydrogen) atoms. The van der Waals surface area contributed by atoms with Crippen LogP contribution in [0.5, 0.6) is 5.75 Å². The van der Waals surface area contributed by atoms with Crippen molar-refractivity contribution in [3.63, 3.8) is 0 Å². The number of primary amides is 1. The van der Waals surface area contributed by atoms with Crippen molar-refractivity contribution >= 4 is 50.0 Å². The number of thiophene rings is 1. The lowest BCUT2D eigenvalue weighted by Gasteiger charge is -2.11. The molecule has 0 unspecified atom stereocenters. The van der Waals surface area contributed by atoms with Crippen molar-refractivity contribution in [3.8, 4) is 5.75 Å². The molecule has 4 rings (SSSR count). The Kier molecular flexibility index (Phi) is 5.16. The Morgan fingerprint density at radius 3 is 2.57 bits per heavy atom. The number of amides is 2. The third kappa shape index (κ3) is 3.72. The van der Waals surface area contributed by atoms with Crippen LogP contribution >= 0.6 is 11.3 Å². The van der Waals surface area contributed by atoms with Gasteiger partial charge in [0.05, 0.1) is 10.6 Å². The molecular formula is C22H20N4O3S. The Hall–Kier alpha value is -3.78. The van der Waals surface area contributed by atoms with Crippen molar-refractivity contribution in [1.82, 2.24) is 15.4 Å². The van der Waals surface area contributed by atoms with E-state index in [2.05, 4.69) is 34.1 Å². The van der Waals surface area contributed by atoms with E-state index >= 15 is 0 Å². The van der Waals surface area contributed by atoms with Gasteiger partial charge < -0.3 is 15.0 Å². The van der Waals surface area contributed by atoms with E-state index in [0.29, 0.717) is 16.3 Å². The number of nitrogens with two attached hydrogens (primary N) is 1. The number of aryl methyl sites for hydroxylation is 1. The highest BCUT2D eigenvalue weighted by Crippen LogP contribution is 2.34. The van der Waals surface area contributed by atoms with Crippen LogP contribution in [0.2, 0.25) is 0 Å². The lowest BCUT2D eigenvalue weighted by Crippen LogP contribution is -2.35. The van der Waals surface area contributed by atoms with E-state index in [1.165, 1.54) is 11.3 Å². The Bertz CT molecular complexity index is 1270. The Morgan fingerprint density at radius 2 is 1.83 bits per heavy atom. The van der Waals surface area contributed by atoms with Crippen LogP contribution in [0.15, 0.2) is 61.2 Å². The predicted octanol–water partition coefficient (Wildman–Crippen LogP) is 3.16. The van der Waals surface area contributed by atoms with E-state index in [1.54, 1.807) is 24.3 Å². The van der Waals surface area contributed by atoms with Crippen molar-refractivity contribution in [3.05, 3.63) is 71.6 Å². The molecule has 0 aliphatic rings. The molecule has 2 aromatic carbocycles. The molecule has 152 valence electrons. The molecule has 0 radical (unpaired) electrons. The fourth-order valence-corrected chi connectivity index (χ4v) is 4.25. The number of carbonyl (C=O) groups is 2. The molecule has 0 saturated heterocycles. The first-order valence-corrected chi connectivity index (χ1v) is 9.99. The monoisotopic (exact) mass is 420 g/mol. The number of nitrogens with zero attached hydrogens (tertiary/aromatic N) is 1. The molecule has 8 heteroatoms. The van der Waals surface area contributed by atoms with Gasteiger partial charge in [0, 0.05) is 23.3 Å². The zero-order chi connectivity index (χ0) is 21.3. The summed E-state index contributed by atoms with van der Waals surface area (Å²) in [4.78, 5) is 25.0. The van der Waals surface area contributed by atoms with Gasteiger partial charge in [-0.05, 0) is 42.0 Å². The molecule has 0 saturated carbocycles. The van der Waals surface area contributed by atoms with E-state index in [4.69, 9.17) is 10.5 Å². The first kappa shape index (κ1) is 19.5. The minimum atomic E-state index is -0.540. The van der Waals surface area contributed by atoms with Gasteiger partial charge in [-0.3, -0.25) is 20.4 Å². The number of nitrogens with one attached hydrogen (secondary N) is 2. The molecule has 2 aromatic heterocycles. The molecule has 0 fully saturated rings. The maximum atomic E-state index is 12.6. The van der Waals surface area contributed by atoms with Crippen molar-refractivity contribution in [2.45, 2.75) is 0 Å². The summed E-state index contributed by atoms with van der Waals surface area (Å²) in [5.41, 5.74) is 13.0. The van der Waals surface area contributed by atoms with Crippen molar-refractivity contribution in [1.29, 1.82) is 0 Å². The summed E-state index contributed by atoms with van der Waals surface area (Å²) in [7, 11) is 2.00. The summed E-state index contributed by atoms with van der Waals surface area (Å²) in [5.74, 6) is -0.253. The number of hydrogen-bond acceptors (Lipinski definition) is 5. The van der Waals surface area contributed by atoms with Gasteiger partial charge in [-0.2, -0.15) is 0 Å². The van der Waals surface area contributed by atoms with E-state index in [0.717, 1.165) is 26.7 Å². The second-order valence-electron chi connectivity index (χ2n) is 6.74. The van der Waals surface area contributed by atoms with Crippen LogP contribution in [0, 0.1) is 0 Å². The highest BCUT2D eigenvalue weighted by Gasteiger charge is 2.16. The lowest BCUT2D eigenvalue weighted by atomic mass is 10.2. The van der Waals surface area contributed by atoms with Crippen LogP contribution in [-0.4, -0.2) is 23.0 Å². The van der Waals surface area contributed by atoms with Crippen LogP contribution < -0.4 is 21.3 Å². The van der Waals surface area contributed by atoms with Gasteiger partial charge in [0.1, 0.15) is 10.6 Å². The average molecular weight is 420 g/mol. The Labute approximate surface area is 176 Å². The second-order valence-corrected chi connectivity index (χ2v) is 7.77. The summed E-state index contributed by atoms with van der Waals surface area (Å²) in [6.07, 6.45) is 0. The first-order valence-electron chi connectivity index (χ1n) is 9.18. The van der Waals surface area contributed by atoms with Crippen molar-refractivity contribution in [2.24, 2.45) is 12.8 Å². The highest BCUT2D eigenvalue weighted by molar-refractivity contribution is 7.20. The third-order valence-corrected chi connectivity index (χ3v) is 5.92. The number of hydrogen-bond donors (Lipinski definition) is 3. The lowest BCUT2D eigenvalue weighted by molar-refractivity contribution is -0.119. The third-order valence-electron chi connectivity index (χ3n) is 4.71. The number of para-hydroxylation sites is 1. The quantitative estimate of drug-likeness (QED) is 0.400. The van der Waals surface area contributed by atoms with E-state index in [-0.39, 0.29) is 12.5 Å². The van der Waals surface area contributed by atoms with E-state index in [1.807, 2.05) is 25.2 Å². The average Bonchev–Trinajstić information content (AvgIpc) is 3.30. The molecule has 0 bridgehead atoms. The smallest absolute Gasteiger partial charge is 0.279 e. The van der Waals surface area contributed by atoms with Gasteiger partial charge in [-0.15, -0.1) is 11.3 Å². The van der Waals surface area contributed by atoms with Crippen molar-refractivity contribution in [2.75, 3.05) is 6.61 Å². The van der Waals surface area contributed by atoms with Crippen LogP contribution in [0.4, 0.5) is 0 Å². The highest BCUT2D eigenvalue weighted by atomic mass is 32.1. The molecule has 0 atom stereocenters. The molecule has 0 spiro atoms. The summed E-state index contributed by atoms with van der Waals surface area (Å²) >= 11 is 1.44. The number of rotatable bonds is 7. The van der Waals surface area contributed by atoms with E-state index in [9.17, 15) is 9.59 Å². The van der Waals surface area contributed by atoms with Crippen LogP contribution in [0.25, 0.3) is 26.8 Å². The van der Waals surface area contributed by atoms with Crippen LogP contribution in [0.3, 0.4) is 0 Å². The zero-order valence-corrected chi connectivity index (χ0v) is 17.1. The molecule has 7 nitrogen and oxygen atoms in total. The van der Waals surface area contributed by atoms with Crippen LogP contribution in [0.1, 0.15) is 15.2 Å². The number of hydrazine groups is 1. The fraction of sp³-hybridized carbons (Fsp3) is 0.0909. The predicted molar refractivity (Wildman–Crippen MR) is 119 cm³/mol. The van der Waals surface area contributed by atoms with Gasteiger partial charge >= 0.3 is 0 Å². The normalized spacial score (nSPS) is 10.8. The van der Waals surface area contributed by atoms with E-state index < -0.39 is 5.91 Å². The topological polar surface area (TPSA) is 98.4 Å². The molecule has 2 heterocycles. The second kappa shape index (κ2) is 7.92. The summed E-state index contributed by atoms with van der Waals surface area (Å²) < 4.78 is 7.32. The van der Waals surface area contributed by atoms with Gasteiger partial charge in [0.25, 0.3) is 11.8 Å². The maximum Gasteiger partial charge on any atom is 0.279 e. The molecule has 2 amide bonds. The summed E-state index contributed by atoms with van der Waals surface area (Å²) in [6.45, 7) is 3.76. The largest absolute Gasteiger partial charge is 0.484 e. The fourth-order valence-electron chi connectivity index (χ4n) is 3.21. The number of benzene rings is 2. The summed E-state index contributed by atoms with van der Waals surface area (Å²) in [6, 6.07) is 17.0. The Morgan fingerprint density at radius 1 is 1.10 bits per heavy atom. The zero-order valence-electron chi connectivity index (χ0n) is 16.3. The number of ether oxygens (including phenoxy) is 1. The Balaban J connectivity index is 1.42.